The first-order valence-corrected chi connectivity index (χ1v) is 12.7. The van der Waals surface area contributed by atoms with Crippen LogP contribution in [0, 0.1) is 5.92 Å². The van der Waals surface area contributed by atoms with Gasteiger partial charge in [0, 0.05) is 17.5 Å². The van der Waals surface area contributed by atoms with Crippen LogP contribution in [0.15, 0.2) is 53.4 Å². The van der Waals surface area contributed by atoms with Crippen LogP contribution in [-0.4, -0.2) is 21.5 Å². The van der Waals surface area contributed by atoms with Gasteiger partial charge in [-0.25, -0.2) is 13.1 Å². The van der Waals surface area contributed by atoms with Gasteiger partial charge in [0.15, 0.2) is 0 Å². The fourth-order valence-electron chi connectivity index (χ4n) is 4.17. The van der Waals surface area contributed by atoms with Gasteiger partial charge in [0.25, 0.3) is 0 Å². The Morgan fingerprint density at radius 1 is 1.06 bits per heavy atom. The first-order valence-electron chi connectivity index (χ1n) is 10.8. The van der Waals surface area contributed by atoms with Gasteiger partial charge in [-0.2, -0.15) is 0 Å². The average Bonchev–Trinajstić information content (AvgIpc) is 3.30. The number of halogens is 1. The van der Waals surface area contributed by atoms with Crippen LogP contribution in [0.2, 0.25) is 5.02 Å². The zero-order valence-electron chi connectivity index (χ0n) is 17.8. The number of ether oxygens (including phenoxy) is 1. The maximum absolute atomic E-state index is 13.0. The Labute approximate surface area is 190 Å². The highest BCUT2D eigenvalue weighted by Crippen LogP contribution is 2.37. The number of sulfonamides is 1. The summed E-state index contributed by atoms with van der Waals surface area (Å²) in [5.74, 6) is 0.107. The molecule has 31 heavy (non-hydrogen) atoms. The number of benzene rings is 2. The van der Waals surface area contributed by atoms with Gasteiger partial charge in [-0.05, 0) is 73.4 Å². The van der Waals surface area contributed by atoms with E-state index in [4.69, 9.17) is 11.6 Å². The monoisotopic (exact) mass is 463 g/mol. The minimum absolute atomic E-state index is 0.178. The summed E-state index contributed by atoms with van der Waals surface area (Å²) < 4.78 is 33.7. The van der Waals surface area contributed by atoms with Crippen LogP contribution in [0.3, 0.4) is 0 Å². The molecule has 2 aromatic rings. The second-order valence-corrected chi connectivity index (χ2v) is 10.3. The van der Waals surface area contributed by atoms with Crippen molar-refractivity contribution in [2.45, 2.75) is 62.3 Å². The van der Waals surface area contributed by atoms with Crippen LogP contribution >= 0.6 is 11.6 Å². The van der Waals surface area contributed by atoms with E-state index in [9.17, 15) is 13.2 Å². The Morgan fingerprint density at radius 2 is 1.71 bits per heavy atom. The molecule has 168 valence electrons. The molecule has 0 saturated heterocycles. The van der Waals surface area contributed by atoms with Gasteiger partial charge < -0.3 is 4.74 Å². The number of aryl methyl sites for hydroxylation is 1. The molecular weight excluding hydrogens is 434 g/mol. The molecule has 1 unspecified atom stereocenters. The molecule has 3 rings (SSSR count). The summed E-state index contributed by atoms with van der Waals surface area (Å²) in [5, 5.41) is 0.508. The largest absolute Gasteiger partial charge is 0.469 e. The zero-order valence-corrected chi connectivity index (χ0v) is 19.4. The molecule has 1 aliphatic rings. The molecule has 0 heterocycles. The van der Waals surface area contributed by atoms with E-state index in [-0.39, 0.29) is 22.8 Å². The lowest BCUT2D eigenvalue weighted by atomic mass is 9.91. The van der Waals surface area contributed by atoms with Crippen molar-refractivity contribution < 1.29 is 17.9 Å². The van der Waals surface area contributed by atoms with Gasteiger partial charge in [0.05, 0.1) is 12.0 Å². The molecule has 0 amide bonds. The summed E-state index contributed by atoms with van der Waals surface area (Å²) in [6, 6.07) is 14.2. The minimum Gasteiger partial charge on any atom is -0.469 e. The molecule has 0 radical (unpaired) electrons. The van der Waals surface area contributed by atoms with Gasteiger partial charge in [0.2, 0.25) is 10.0 Å². The fourth-order valence-corrected chi connectivity index (χ4v) is 5.59. The second-order valence-electron chi connectivity index (χ2n) is 8.12. The van der Waals surface area contributed by atoms with Crippen molar-refractivity contribution in [2.75, 3.05) is 7.11 Å². The summed E-state index contributed by atoms with van der Waals surface area (Å²) in [6.45, 7) is 0. The van der Waals surface area contributed by atoms with Gasteiger partial charge in [-0.15, -0.1) is 0 Å². The second kappa shape index (κ2) is 11.1. The van der Waals surface area contributed by atoms with Crippen molar-refractivity contribution in [1.29, 1.82) is 0 Å². The van der Waals surface area contributed by atoms with E-state index in [1.54, 1.807) is 12.1 Å². The van der Waals surface area contributed by atoms with Crippen molar-refractivity contribution in [3.05, 3.63) is 64.7 Å². The Kier molecular flexibility index (Phi) is 8.52. The van der Waals surface area contributed by atoms with Crippen LogP contribution in [0.5, 0.6) is 0 Å². The summed E-state index contributed by atoms with van der Waals surface area (Å²) in [4.78, 5) is 11.4. The van der Waals surface area contributed by atoms with Crippen molar-refractivity contribution in [3.8, 4) is 0 Å². The number of rotatable bonds is 10. The van der Waals surface area contributed by atoms with E-state index >= 15 is 0 Å². The molecule has 0 aromatic heterocycles. The maximum atomic E-state index is 13.0. The van der Waals surface area contributed by atoms with Gasteiger partial charge in [-0.3, -0.25) is 4.79 Å². The third-order valence-electron chi connectivity index (χ3n) is 5.94. The van der Waals surface area contributed by atoms with E-state index in [1.165, 1.54) is 24.8 Å². The van der Waals surface area contributed by atoms with Crippen LogP contribution in [0.1, 0.15) is 62.1 Å². The number of methoxy groups -OCH3 is 1. The number of unbranched alkanes of at least 4 members (excludes halogenated alkanes) is 1. The van der Waals surface area contributed by atoms with Crippen LogP contribution in [0.4, 0.5) is 0 Å². The number of carbonyl (C=O) groups is 1. The summed E-state index contributed by atoms with van der Waals surface area (Å²) >= 11 is 5.91. The third-order valence-corrected chi connectivity index (χ3v) is 7.65. The van der Waals surface area contributed by atoms with Crippen molar-refractivity contribution in [3.63, 3.8) is 0 Å². The number of hydrogen-bond acceptors (Lipinski definition) is 4. The molecule has 1 aliphatic carbocycles. The molecule has 1 fully saturated rings. The van der Waals surface area contributed by atoms with Crippen molar-refractivity contribution in [1.82, 2.24) is 4.72 Å². The van der Waals surface area contributed by atoms with Gasteiger partial charge >= 0.3 is 5.97 Å². The number of carbonyl (C=O) groups excluding carboxylic acids is 1. The Balaban J connectivity index is 1.70. The lowest BCUT2D eigenvalue weighted by Gasteiger charge is -2.25. The van der Waals surface area contributed by atoms with E-state index in [0.29, 0.717) is 11.4 Å². The summed E-state index contributed by atoms with van der Waals surface area (Å²) in [6.07, 6.45) is 7.30. The van der Waals surface area contributed by atoms with E-state index < -0.39 is 10.0 Å². The number of esters is 1. The lowest BCUT2D eigenvalue weighted by molar-refractivity contribution is -0.140. The summed E-state index contributed by atoms with van der Waals surface area (Å²) in [5.41, 5.74) is 2.17. The quantitative estimate of drug-likeness (QED) is 0.376. The maximum Gasteiger partial charge on any atom is 0.305 e. The predicted octanol–water partition coefficient (Wildman–Crippen LogP) is 5.44. The smallest absolute Gasteiger partial charge is 0.305 e. The molecule has 7 heteroatoms. The van der Waals surface area contributed by atoms with Crippen molar-refractivity contribution in [2.24, 2.45) is 5.92 Å². The lowest BCUT2D eigenvalue weighted by Crippen LogP contribution is -2.32. The first kappa shape index (κ1) is 23.8. The SMILES string of the molecule is COC(=O)CCCCc1ccc(C(NS(=O)(=O)c2ccc(Cl)cc2)C2CCCC2)cc1. The predicted molar refractivity (Wildman–Crippen MR) is 122 cm³/mol. The normalized spacial score (nSPS) is 15.7. The van der Waals surface area contributed by atoms with Crippen LogP contribution in [-0.2, 0) is 26.0 Å². The Hall–Kier alpha value is -1.89. The molecule has 0 bridgehead atoms. The molecule has 5 nitrogen and oxygen atoms in total. The summed E-state index contributed by atoms with van der Waals surface area (Å²) in [7, 11) is -2.25. The fraction of sp³-hybridized carbons (Fsp3) is 0.458. The highest BCUT2D eigenvalue weighted by molar-refractivity contribution is 7.89. The molecular formula is C24H30ClNO4S. The highest BCUT2D eigenvalue weighted by Gasteiger charge is 2.30. The molecule has 0 spiro atoms. The minimum atomic E-state index is -3.65. The van der Waals surface area contributed by atoms with Crippen molar-refractivity contribution >= 4 is 27.6 Å². The zero-order chi connectivity index (χ0) is 22.3. The van der Waals surface area contributed by atoms with E-state index in [1.807, 2.05) is 12.1 Å². The van der Waals surface area contributed by atoms with Gasteiger partial charge in [-0.1, -0.05) is 48.7 Å². The van der Waals surface area contributed by atoms with Gasteiger partial charge in [0.1, 0.15) is 0 Å². The molecule has 0 aliphatic heterocycles. The standard InChI is InChI=1S/C24H30ClNO4S/c1-30-23(27)9-5-2-6-18-10-12-20(13-11-18)24(19-7-3-4-8-19)26-31(28,29)22-16-14-21(25)15-17-22/h10-17,19,24,26H,2-9H2,1H3. The first-order chi connectivity index (χ1) is 14.9. The molecule has 1 saturated carbocycles. The van der Waals surface area contributed by atoms with E-state index in [0.717, 1.165) is 50.5 Å². The molecule has 2 aromatic carbocycles. The number of hydrogen-bond donors (Lipinski definition) is 1. The van der Waals surface area contributed by atoms with Crippen LogP contribution in [0.25, 0.3) is 0 Å². The van der Waals surface area contributed by atoms with E-state index in [2.05, 4.69) is 21.6 Å². The molecule has 1 N–H and O–H groups in total. The topological polar surface area (TPSA) is 72.5 Å². The Morgan fingerprint density at radius 3 is 2.32 bits per heavy atom. The van der Waals surface area contributed by atoms with Crippen LogP contribution < -0.4 is 4.72 Å². The number of nitrogens with one attached hydrogen (secondary N) is 1. The molecule has 1 atom stereocenters. The highest BCUT2D eigenvalue weighted by atomic mass is 35.5. The third kappa shape index (κ3) is 6.79. The Bertz CT molecular complexity index is 952. The average molecular weight is 464 g/mol.